The highest BCUT2D eigenvalue weighted by atomic mass is 16.1. The highest BCUT2D eigenvalue weighted by Gasteiger charge is 2.50. The fourth-order valence-corrected chi connectivity index (χ4v) is 3.07. The van der Waals surface area contributed by atoms with E-state index in [1.807, 2.05) is 0 Å². The van der Waals surface area contributed by atoms with E-state index in [1.165, 1.54) is 24.8 Å². The molecule has 0 spiro atoms. The standard InChI is InChI=1S/C10H12O/c11-9-5-7-4-6-2-1-3-8(6)10(7)9/h3,6-7,10H,1-2,4-5H2/t6-,7+,10-/m0/s1. The van der Waals surface area contributed by atoms with Gasteiger partial charge in [-0.15, -0.1) is 0 Å². The number of carbonyl (C=O) groups is 1. The smallest absolute Gasteiger partial charge is 0.140 e. The summed E-state index contributed by atoms with van der Waals surface area (Å²) in [7, 11) is 0. The van der Waals surface area contributed by atoms with Crippen molar-refractivity contribution in [3.63, 3.8) is 0 Å². The van der Waals surface area contributed by atoms with Gasteiger partial charge in [0.1, 0.15) is 5.78 Å². The predicted molar refractivity (Wildman–Crippen MR) is 42.0 cm³/mol. The minimum absolute atomic E-state index is 0.405. The van der Waals surface area contributed by atoms with Gasteiger partial charge in [-0.2, -0.15) is 0 Å². The Morgan fingerprint density at radius 2 is 2.36 bits per heavy atom. The number of rotatable bonds is 0. The van der Waals surface area contributed by atoms with Crippen LogP contribution in [0.1, 0.15) is 25.7 Å². The van der Waals surface area contributed by atoms with Gasteiger partial charge < -0.3 is 0 Å². The van der Waals surface area contributed by atoms with Gasteiger partial charge in [0.05, 0.1) is 0 Å². The lowest BCUT2D eigenvalue weighted by Gasteiger charge is -2.28. The van der Waals surface area contributed by atoms with E-state index >= 15 is 0 Å². The van der Waals surface area contributed by atoms with E-state index in [0.717, 1.165) is 18.3 Å². The van der Waals surface area contributed by atoms with Gasteiger partial charge in [-0.3, -0.25) is 4.79 Å². The molecule has 0 aliphatic heterocycles. The molecule has 0 N–H and O–H groups in total. The van der Waals surface area contributed by atoms with Crippen molar-refractivity contribution < 1.29 is 4.79 Å². The van der Waals surface area contributed by atoms with Crippen LogP contribution in [0, 0.1) is 17.8 Å². The maximum atomic E-state index is 11.2. The first-order valence-electron chi connectivity index (χ1n) is 4.59. The number of Topliss-reactive ketones (excluding diaryl/α,β-unsaturated/α-hetero) is 1. The summed E-state index contributed by atoms with van der Waals surface area (Å²) in [4.78, 5) is 11.2. The summed E-state index contributed by atoms with van der Waals surface area (Å²) in [6, 6.07) is 0. The molecule has 1 nitrogen and oxygen atoms in total. The molecule has 2 saturated carbocycles. The molecule has 0 amide bonds. The van der Waals surface area contributed by atoms with Crippen molar-refractivity contribution in [2.45, 2.75) is 25.7 Å². The van der Waals surface area contributed by atoms with E-state index in [4.69, 9.17) is 0 Å². The van der Waals surface area contributed by atoms with Gasteiger partial charge in [-0.25, -0.2) is 0 Å². The van der Waals surface area contributed by atoms with Gasteiger partial charge in [0.2, 0.25) is 0 Å². The molecule has 0 radical (unpaired) electrons. The summed E-state index contributed by atoms with van der Waals surface area (Å²) in [6.07, 6.45) is 7.10. The Bertz CT molecular complexity index is 252. The topological polar surface area (TPSA) is 17.1 Å². The van der Waals surface area contributed by atoms with Crippen LogP contribution in [0.5, 0.6) is 0 Å². The van der Waals surface area contributed by atoms with Crippen LogP contribution in [0.3, 0.4) is 0 Å². The van der Waals surface area contributed by atoms with Crippen molar-refractivity contribution in [1.82, 2.24) is 0 Å². The average molecular weight is 148 g/mol. The first kappa shape index (κ1) is 5.99. The average Bonchev–Trinajstić information content (AvgIpc) is 2.43. The summed E-state index contributed by atoms with van der Waals surface area (Å²) >= 11 is 0. The molecular formula is C10H12O. The Labute approximate surface area is 66.5 Å². The van der Waals surface area contributed by atoms with Gasteiger partial charge in [0, 0.05) is 12.3 Å². The number of ketones is 1. The number of hydrogen-bond acceptors (Lipinski definition) is 1. The highest BCUT2D eigenvalue weighted by Crippen LogP contribution is 2.54. The maximum absolute atomic E-state index is 11.2. The van der Waals surface area contributed by atoms with Crippen LogP contribution in [-0.2, 0) is 4.79 Å². The van der Waals surface area contributed by atoms with E-state index in [2.05, 4.69) is 6.08 Å². The van der Waals surface area contributed by atoms with Gasteiger partial charge in [0.25, 0.3) is 0 Å². The molecule has 58 valence electrons. The molecule has 3 atom stereocenters. The SMILES string of the molecule is O=C1C[C@H]2C[C@@H]3CCC=C3[C@@H]12. The molecule has 0 unspecified atom stereocenters. The fraction of sp³-hybridized carbons (Fsp3) is 0.700. The van der Waals surface area contributed by atoms with E-state index in [9.17, 15) is 4.79 Å². The molecule has 0 saturated heterocycles. The third-order valence-corrected chi connectivity index (χ3v) is 3.59. The van der Waals surface area contributed by atoms with E-state index in [1.54, 1.807) is 0 Å². The third kappa shape index (κ3) is 0.597. The Balaban J connectivity index is 1.99. The molecule has 2 fully saturated rings. The molecule has 3 rings (SSSR count). The lowest BCUT2D eigenvalue weighted by molar-refractivity contribution is -0.130. The van der Waals surface area contributed by atoms with Gasteiger partial charge in [0.15, 0.2) is 0 Å². The van der Waals surface area contributed by atoms with Crippen LogP contribution in [0.15, 0.2) is 11.6 Å². The van der Waals surface area contributed by atoms with Crippen LogP contribution >= 0.6 is 0 Å². The summed E-state index contributed by atoms with van der Waals surface area (Å²) in [6.45, 7) is 0. The van der Waals surface area contributed by atoms with E-state index < -0.39 is 0 Å². The predicted octanol–water partition coefficient (Wildman–Crippen LogP) is 1.93. The quantitative estimate of drug-likeness (QED) is 0.480. The summed E-state index contributed by atoms with van der Waals surface area (Å²) in [5.74, 6) is 2.50. The monoisotopic (exact) mass is 148 g/mol. The second-order valence-corrected chi connectivity index (χ2v) is 4.12. The second kappa shape index (κ2) is 1.77. The minimum atomic E-state index is 0.405. The van der Waals surface area contributed by atoms with Gasteiger partial charge in [-0.1, -0.05) is 11.6 Å². The summed E-state index contributed by atoms with van der Waals surface area (Å²) < 4.78 is 0. The summed E-state index contributed by atoms with van der Waals surface area (Å²) in [5.41, 5.74) is 1.52. The summed E-state index contributed by atoms with van der Waals surface area (Å²) in [5, 5.41) is 0. The lowest BCUT2D eigenvalue weighted by Crippen LogP contribution is -2.33. The molecule has 0 aromatic heterocycles. The fourth-order valence-electron chi connectivity index (χ4n) is 3.07. The molecule has 11 heavy (non-hydrogen) atoms. The molecular weight excluding hydrogens is 136 g/mol. The first-order valence-corrected chi connectivity index (χ1v) is 4.59. The Kier molecular flexibility index (Phi) is 0.961. The first-order chi connectivity index (χ1) is 5.36. The molecule has 1 heteroatoms. The van der Waals surface area contributed by atoms with Crippen LogP contribution in [0.4, 0.5) is 0 Å². The van der Waals surface area contributed by atoms with Gasteiger partial charge >= 0.3 is 0 Å². The maximum Gasteiger partial charge on any atom is 0.140 e. The van der Waals surface area contributed by atoms with Crippen molar-refractivity contribution in [1.29, 1.82) is 0 Å². The third-order valence-electron chi connectivity index (χ3n) is 3.59. The number of carbonyl (C=O) groups excluding carboxylic acids is 1. The highest BCUT2D eigenvalue weighted by molar-refractivity contribution is 5.91. The van der Waals surface area contributed by atoms with E-state index in [0.29, 0.717) is 11.7 Å². The van der Waals surface area contributed by atoms with Crippen LogP contribution in [0.2, 0.25) is 0 Å². The van der Waals surface area contributed by atoms with Crippen LogP contribution < -0.4 is 0 Å². The molecule has 0 bridgehead atoms. The normalized spacial score (nSPS) is 46.4. The van der Waals surface area contributed by atoms with Crippen molar-refractivity contribution in [3.05, 3.63) is 11.6 Å². The Morgan fingerprint density at radius 1 is 1.45 bits per heavy atom. The zero-order chi connectivity index (χ0) is 7.42. The van der Waals surface area contributed by atoms with Crippen molar-refractivity contribution in [2.75, 3.05) is 0 Å². The largest absolute Gasteiger partial charge is 0.299 e. The van der Waals surface area contributed by atoms with Crippen molar-refractivity contribution >= 4 is 5.78 Å². The number of allylic oxidation sites excluding steroid dienone is 2. The molecule has 3 aliphatic rings. The minimum Gasteiger partial charge on any atom is -0.299 e. The molecule has 0 aromatic carbocycles. The Hall–Kier alpha value is -0.590. The second-order valence-electron chi connectivity index (χ2n) is 4.12. The van der Waals surface area contributed by atoms with E-state index in [-0.39, 0.29) is 0 Å². The lowest BCUT2D eigenvalue weighted by atomic mass is 9.73. The zero-order valence-corrected chi connectivity index (χ0v) is 6.55. The van der Waals surface area contributed by atoms with Crippen molar-refractivity contribution in [3.8, 4) is 0 Å². The molecule has 0 aromatic rings. The number of hydrogen-bond donors (Lipinski definition) is 0. The molecule has 3 aliphatic carbocycles. The number of fused-ring (bicyclic) bond motifs is 3. The zero-order valence-electron chi connectivity index (χ0n) is 6.55. The van der Waals surface area contributed by atoms with Crippen LogP contribution in [0.25, 0.3) is 0 Å². The van der Waals surface area contributed by atoms with Gasteiger partial charge in [-0.05, 0) is 31.1 Å². The van der Waals surface area contributed by atoms with Crippen LogP contribution in [-0.4, -0.2) is 5.78 Å². The molecule has 0 heterocycles. The Morgan fingerprint density at radius 3 is 3.18 bits per heavy atom. The van der Waals surface area contributed by atoms with Crippen molar-refractivity contribution in [2.24, 2.45) is 17.8 Å².